The third-order valence-electron chi connectivity index (χ3n) is 22.1. The Bertz CT molecular complexity index is 6490. The average Bonchev–Trinajstić information content (AvgIpc) is 1.76. The third kappa shape index (κ3) is 40.5. The summed E-state index contributed by atoms with van der Waals surface area (Å²) in [5, 5.41) is 54.7. The molecule has 0 spiro atoms. The molecular formula is C108H118BrCl2Cs2N13O24. The number of nitrogens with zero attached hydrogens (tertiary/aromatic N) is 4. The molecule has 14 rings (SSSR count). The summed E-state index contributed by atoms with van der Waals surface area (Å²) in [6.45, 7) is 24.4. The Morgan fingerprint density at radius 3 is 1.11 bits per heavy atom. The van der Waals surface area contributed by atoms with Crippen molar-refractivity contribution in [1.82, 2.24) is 41.2 Å². The number of rotatable bonds is 39. The van der Waals surface area contributed by atoms with Crippen molar-refractivity contribution in [1.29, 1.82) is 10.8 Å². The second-order valence-electron chi connectivity index (χ2n) is 32.4. The summed E-state index contributed by atoms with van der Waals surface area (Å²) in [5.74, 6) is -1.44. The first-order valence-corrected chi connectivity index (χ1v) is 47.0. The maximum atomic E-state index is 13.7. The Kier molecular flexibility index (Phi) is 60.2. The second kappa shape index (κ2) is 68.5. The SMILES string of the molecule is C=Cc1cc(C(=O)Cc2ccc(C(=N)N)cc2)c(-c2ccc(C(=O)NCC3CC3)nc2C(=O)OCC)cc1OC.C=Cc1cc(C(=O)O)c(-c2ccc(C(=O)NCC3CC3)nc2C(=O)OCC)cc1OC.C=Cc1cc(C=O)c(-c2ccc(C(=O)NCC3CC3)nc2)cc1CO.C=Cc1cc(C=O)c(-c2ccc(C(=O)NCC3CC3)nc2C(=O)OCC)cc1OC.CCBr.Cl.Cl.N=C(N)c1ccc(N)cc1.O=C=O.O=CO[O-].[Cs+].[Cs+].[H-]. The molecule has 0 bridgehead atoms. The van der Waals surface area contributed by atoms with Crippen LogP contribution in [0, 0.1) is 34.5 Å². The monoisotopic (exact) mass is 2400 g/mol. The van der Waals surface area contributed by atoms with E-state index in [1.54, 1.807) is 154 Å². The first-order valence-electron chi connectivity index (χ1n) is 45.9. The molecule has 4 amide bonds. The van der Waals surface area contributed by atoms with E-state index < -0.39 is 29.8 Å². The maximum absolute atomic E-state index is 13.7. The number of Topliss-reactive ketones (excluding diaryl/α,β-unsaturated/α-hetero) is 1. The molecule has 37 nitrogen and oxygen atoms in total. The number of esters is 3. The van der Waals surface area contributed by atoms with E-state index in [4.69, 9.17) is 76.1 Å². The number of nitrogen functional groups attached to an aromatic ring is 3. The minimum absolute atomic E-state index is 0. The number of aliphatic hydroxyl groups is 1. The second-order valence-corrected chi connectivity index (χ2v) is 33.5. The van der Waals surface area contributed by atoms with Crippen molar-refractivity contribution >= 4 is 161 Å². The number of anilines is 1. The summed E-state index contributed by atoms with van der Waals surface area (Å²) in [7, 11) is 4.46. The van der Waals surface area contributed by atoms with Gasteiger partial charge in [-0.2, -0.15) is 9.59 Å². The Morgan fingerprint density at radius 2 is 0.793 bits per heavy atom. The molecule has 14 N–H and O–H groups in total. The van der Waals surface area contributed by atoms with Gasteiger partial charge >= 0.3 is 168 Å². The van der Waals surface area contributed by atoms with Gasteiger partial charge in [0.25, 0.3) is 30.1 Å². The van der Waals surface area contributed by atoms with Crippen LogP contribution in [0.25, 0.3) is 68.8 Å². The number of aldehydes is 2. The van der Waals surface area contributed by atoms with Crippen molar-refractivity contribution in [2.24, 2.45) is 35.1 Å². The van der Waals surface area contributed by atoms with Gasteiger partial charge in [0.2, 0.25) is 0 Å². The number of nitrogens with two attached hydrogens (primary N) is 3. The minimum Gasteiger partial charge on any atom is -1.00 e. The fraction of sp³-hybridized carbons (Fsp3) is 0.269. The normalized spacial score (nSPS) is 11.6. The van der Waals surface area contributed by atoms with Crippen molar-refractivity contribution < 1.29 is 255 Å². The van der Waals surface area contributed by atoms with E-state index in [2.05, 4.69) is 88.3 Å². The summed E-state index contributed by atoms with van der Waals surface area (Å²) in [6.07, 6.45) is 18.5. The molecule has 4 aromatic heterocycles. The number of ether oxygens (including phenoxy) is 6. The first-order chi connectivity index (χ1) is 70.2. The van der Waals surface area contributed by atoms with Gasteiger partial charge < -0.3 is 88.7 Å². The van der Waals surface area contributed by atoms with E-state index in [0.717, 1.165) is 61.3 Å². The molecule has 0 saturated heterocycles. The van der Waals surface area contributed by atoms with E-state index in [1.807, 2.05) is 6.92 Å². The molecule has 4 aliphatic carbocycles. The number of carboxylic acids is 1. The van der Waals surface area contributed by atoms with Crippen LogP contribution >= 0.6 is 40.7 Å². The number of aromatic nitrogens is 4. The predicted octanol–water partition coefficient (Wildman–Crippen LogP) is 8.98. The largest absolute Gasteiger partial charge is 1.00 e. The zero-order valence-corrected chi connectivity index (χ0v) is 100. The van der Waals surface area contributed by atoms with Crippen molar-refractivity contribution in [2.45, 2.75) is 92.1 Å². The van der Waals surface area contributed by atoms with Gasteiger partial charge in [0.1, 0.15) is 51.7 Å². The van der Waals surface area contributed by atoms with Crippen LogP contribution in [-0.4, -0.2) is 193 Å². The number of hydrogen-bond donors (Lipinski definition) is 11. The molecule has 782 valence electrons. The third-order valence-corrected chi connectivity index (χ3v) is 22.1. The molecule has 0 aliphatic heterocycles. The number of pyridine rings is 4. The molecule has 10 aromatic rings. The van der Waals surface area contributed by atoms with Gasteiger partial charge in [0.15, 0.2) is 35.4 Å². The molecule has 4 aliphatic rings. The summed E-state index contributed by atoms with van der Waals surface area (Å²) in [5.41, 5.74) is 26.8. The quantitative estimate of drug-likeness (QED) is 0.00163. The number of nitrogens with one attached hydrogen (secondary N) is 6. The van der Waals surface area contributed by atoms with Gasteiger partial charge in [0, 0.05) is 122 Å². The van der Waals surface area contributed by atoms with Gasteiger partial charge in [-0.1, -0.05) is 104 Å². The van der Waals surface area contributed by atoms with Crippen molar-refractivity contribution in [3.05, 3.63) is 285 Å². The van der Waals surface area contributed by atoms with Crippen LogP contribution in [0.5, 0.6) is 17.2 Å². The number of amidine groups is 2. The Labute approximate surface area is 1010 Å². The minimum atomic E-state index is -1.19. The van der Waals surface area contributed by atoms with Crippen LogP contribution in [0.1, 0.15) is 240 Å². The maximum Gasteiger partial charge on any atom is 1.00 e. The predicted molar refractivity (Wildman–Crippen MR) is 565 cm³/mol. The first kappa shape index (κ1) is 132. The number of aromatic carboxylic acids is 1. The molecule has 4 heterocycles. The van der Waals surface area contributed by atoms with Crippen molar-refractivity contribution in [2.75, 3.05) is 78.4 Å². The fourth-order valence-electron chi connectivity index (χ4n) is 13.9. The molecule has 0 unspecified atom stereocenters. The van der Waals surface area contributed by atoms with Crippen LogP contribution in [0.4, 0.5) is 5.69 Å². The average molecular weight is 2400 g/mol. The molecule has 150 heavy (non-hydrogen) atoms. The van der Waals surface area contributed by atoms with Gasteiger partial charge in [0.05, 0.1) is 53.3 Å². The van der Waals surface area contributed by atoms with Crippen LogP contribution < -0.4 is 196 Å². The Morgan fingerprint density at radius 1 is 0.473 bits per heavy atom. The van der Waals surface area contributed by atoms with E-state index >= 15 is 0 Å². The number of carboxylic acid groups (broad SMARTS) is 1. The number of carbonyl (C=O) groups is 12. The fourth-order valence-corrected chi connectivity index (χ4v) is 13.9. The number of amides is 4. The number of benzene rings is 6. The Hall–Kier alpha value is -12.3. The summed E-state index contributed by atoms with van der Waals surface area (Å²) in [6, 6.07) is 39.3. The van der Waals surface area contributed by atoms with E-state index in [0.29, 0.717) is 168 Å². The number of methoxy groups -OCH3 is 3. The van der Waals surface area contributed by atoms with Crippen LogP contribution in [-0.2, 0) is 46.5 Å². The zero-order chi connectivity index (χ0) is 107. The molecule has 4 saturated carbocycles. The molecular weight excluding hydrogens is 2280 g/mol. The van der Waals surface area contributed by atoms with E-state index in [1.165, 1.54) is 76.6 Å². The molecule has 6 aromatic carbocycles. The van der Waals surface area contributed by atoms with Crippen LogP contribution in [0.3, 0.4) is 0 Å². The van der Waals surface area contributed by atoms with Crippen molar-refractivity contribution in [3.8, 4) is 61.8 Å². The molecule has 0 atom stereocenters. The van der Waals surface area contributed by atoms with Crippen LogP contribution in [0.2, 0.25) is 0 Å². The summed E-state index contributed by atoms with van der Waals surface area (Å²) >= 11 is 3.15. The van der Waals surface area contributed by atoms with E-state index in [9.17, 15) is 63.0 Å². The zero-order valence-electron chi connectivity index (χ0n) is 85.4. The number of hydrogen-bond acceptors (Lipinski definition) is 30. The number of aliphatic hydroxyl groups excluding tert-OH is 1. The number of carbonyl (C=O) groups excluding carboxylic acids is 13. The van der Waals surface area contributed by atoms with Gasteiger partial charge in [-0.3, -0.25) is 54.2 Å². The van der Waals surface area contributed by atoms with Crippen molar-refractivity contribution in [3.63, 3.8) is 0 Å². The van der Waals surface area contributed by atoms with Gasteiger partial charge in [-0.05, 0) is 244 Å². The summed E-state index contributed by atoms with van der Waals surface area (Å²) < 4.78 is 31.8. The summed E-state index contributed by atoms with van der Waals surface area (Å²) in [4.78, 5) is 181. The molecule has 0 radical (unpaired) electrons. The van der Waals surface area contributed by atoms with Crippen LogP contribution in [0.15, 0.2) is 178 Å². The number of halogens is 3. The topological polar surface area (TPSA) is 593 Å². The number of ketones is 1. The standard InChI is InChI=1S/C31H32N4O5.C23H24N2O6.C23H24N2O5.C20H20N2O3.C7H9N3.C2H5Br.CH2O3.CO2.2ClH.2Cs.H/c1-4-20-15-24(26(36)14-18-8-10-21(11-9-18)29(32)33)23(16-27(20)39-3)22-12-13-25(30(37)34-17-19-6-7-19)35-28(22)31(38)40-5-2;1-4-14-10-17(22(27)28)16(11-19(14)30-3)15-8-9-18(21(26)24-12-13-6-7-13)25-20(15)23(29)31-5-2;1-4-15-10-16(13-26)18(11-20(15)29-3)17-8-9-19(22(27)24-12-14-6-7-14)25-21(17)23(28)30-5-2;1-2-14-7-17(12-24)18(8-16(14)11-23)15-5-6-19(21-10-15)20(25)22-9-13-3-4-13;8-6-3-1-5(2-4-6)7(9)10;1-2-3;2-1-4-3;2-1-3;;;;;/h4,8-13,15-16,19H,1,5-7,14,17H2,2-3H3,(H3,32,33)(H,34,37);4,8-11,13H,1,5-7,12H2,2-3H3,(H,24,26)(H,27,28);4,8-11,13-14H,1,5-7,12H2,2-3H3,(H,24,27);2,5-8,10,12-13,23H,1,3-4,9,11H2,(H,22,25);1-4H,8H2,(H3,9,10);2H2,1H3;1,3H;;2*1H;;;/q;;;;;;;;;;2*+1;-1/p-1. The molecule has 4 fully saturated rings. The van der Waals surface area contributed by atoms with E-state index in [-0.39, 0.29) is 296 Å². The molecule has 42 heteroatoms. The smallest absolute Gasteiger partial charge is 1.00 e. The van der Waals surface area contributed by atoms with Gasteiger partial charge in [-0.25, -0.2) is 34.1 Å². The Balaban J connectivity index is 0.000000638. The van der Waals surface area contributed by atoms with Gasteiger partial charge in [-0.15, -0.1) is 24.8 Å². The number of alkyl halides is 1.